The van der Waals surface area contributed by atoms with Crippen LogP contribution in [0.4, 0.5) is 5.95 Å². The van der Waals surface area contributed by atoms with Crippen LogP contribution in [0.2, 0.25) is 0 Å². The molecule has 1 aromatic heterocycles. The van der Waals surface area contributed by atoms with Crippen molar-refractivity contribution in [1.29, 1.82) is 0 Å². The number of piperazine rings is 1. The number of H-pyrrole nitrogens is 1. The number of anilines is 1. The fourth-order valence-corrected chi connectivity index (χ4v) is 1.35. The fourth-order valence-electron chi connectivity index (χ4n) is 1.35. The zero-order valence-corrected chi connectivity index (χ0v) is 7.58. The van der Waals surface area contributed by atoms with E-state index < -0.39 is 0 Å². The monoisotopic (exact) mass is 183 g/mol. The lowest BCUT2D eigenvalue weighted by Gasteiger charge is -2.26. The van der Waals surface area contributed by atoms with Crippen LogP contribution >= 0.6 is 0 Å². The smallest absolute Gasteiger partial charge is 0.336 e. The maximum Gasteiger partial charge on any atom is 0.336 e. The molecular formula is C7H13N5O. The normalized spacial score (nSPS) is 17.5. The van der Waals surface area contributed by atoms with E-state index in [9.17, 15) is 0 Å². The second kappa shape index (κ2) is 3.61. The molecule has 0 bridgehead atoms. The maximum absolute atomic E-state index is 4.89. The number of nitrogens with zero attached hydrogens (tertiary/aromatic N) is 3. The van der Waals surface area contributed by atoms with E-state index in [1.54, 1.807) is 7.11 Å². The summed E-state index contributed by atoms with van der Waals surface area (Å²) in [7, 11) is 1.56. The van der Waals surface area contributed by atoms with Crippen LogP contribution in [-0.4, -0.2) is 48.5 Å². The molecule has 1 aliphatic heterocycles. The first-order valence-corrected chi connectivity index (χ1v) is 4.32. The molecule has 1 saturated heterocycles. The van der Waals surface area contributed by atoms with Gasteiger partial charge in [-0.3, -0.25) is 0 Å². The number of methoxy groups -OCH3 is 1. The van der Waals surface area contributed by atoms with Gasteiger partial charge in [-0.25, -0.2) is 5.10 Å². The summed E-state index contributed by atoms with van der Waals surface area (Å²) < 4.78 is 4.89. The van der Waals surface area contributed by atoms with Crippen LogP contribution in [-0.2, 0) is 0 Å². The zero-order valence-electron chi connectivity index (χ0n) is 7.58. The third-order valence-electron chi connectivity index (χ3n) is 2.05. The average molecular weight is 183 g/mol. The van der Waals surface area contributed by atoms with Gasteiger partial charge in [0.05, 0.1) is 7.11 Å². The molecule has 0 saturated carbocycles. The lowest BCUT2D eigenvalue weighted by molar-refractivity contribution is 0.381. The third-order valence-corrected chi connectivity index (χ3v) is 2.05. The number of hydrogen-bond donors (Lipinski definition) is 2. The Morgan fingerprint density at radius 1 is 1.38 bits per heavy atom. The van der Waals surface area contributed by atoms with Gasteiger partial charge in [-0.15, -0.1) is 5.10 Å². The van der Waals surface area contributed by atoms with Crippen molar-refractivity contribution in [3.8, 4) is 6.01 Å². The molecule has 0 spiro atoms. The molecule has 2 heterocycles. The first-order chi connectivity index (χ1) is 6.40. The van der Waals surface area contributed by atoms with Crippen LogP contribution in [0, 0.1) is 0 Å². The molecule has 0 atom stereocenters. The first-order valence-electron chi connectivity index (χ1n) is 4.32. The standard InChI is InChI=1S/C7H13N5O/c1-13-7-9-6(10-11-7)12-4-2-8-3-5-12/h8H,2-5H2,1H3,(H,9,10,11). The van der Waals surface area contributed by atoms with Gasteiger partial charge in [0.2, 0.25) is 5.95 Å². The van der Waals surface area contributed by atoms with E-state index in [0.29, 0.717) is 6.01 Å². The van der Waals surface area contributed by atoms with Crippen LogP contribution < -0.4 is 15.0 Å². The SMILES string of the molecule is COc1n[nH]c(N2CCNCC2)n1. The number of rotatable bonds is 2. The molecule has 13 heavy (non-hydrogen) atoms. The highest BCUT2D eigenvalue weighted by molar-refractivity contribution is 5.30. The van der Waals surface area contributed by atoms with Gasteiger partial charge in [0.15, 0.2) is 0 Å². The number of ether oxygens (including phenoxy) is 1. The summed E-state index contributed by atoms with van der Waals surface area (Å²) in [5.41, 5.74) is 0. The van der Waals surface area contributed by atoms with Gasteiger partial charge in [0.1, 0.15) is 0 Å². The van der Waals surface area contributed by atoms with Crippen molar-refractivity contribution in [2.45, 2.75) is 0 Å². The van der Waals surface area contributed by atoms with Crippen molar-refractivity contribution in [2.75, 3.05) is 38.2 Å². The second-order valence-electron chi connectivity index (χ2n) is 2.88. The Morgan fingerprint density at radius 2 is 2.15 bits per heavy atom. The third kappa shape index (κ3) is 1.72. The highest BCUT2D eigenvalue weighted by atomic mass is 16.5. The summed E-state index contributed by atoms with van der Waals surface area (Å²) in [4.78, 5) is 6.31. The molecule has 72 valence electrons. The molecule has 1 fully saturated rings. The molecule has 1 aromatic rings. The highest BCUT2D eigenvalue weighted by Gasteiger charge is 2.14. The molecule has 0 unspecified atom stereocenters. The van der Waals surface area contributed by atoms with Crippen LogP contribution in [0.1, 0.15) is 0 Å². The van der Waals surface area contributed by atoms with Gasteiger partial charge in [-0.2, -0.15) is 4.98 Å². The maximum atomic E-state index is 4.89. The van der Waals surface area contributed by atoms with Crippen LogP contribution in [0.15, 0.2) is 0 Å². The van der Waals surface area contributed by atoms with Crippen molar-refractivity contribution < 1.29 is 4.74 Å². The van der Waals surface area contributed by atoms with E-state index >= 15 is 0 Å². The van der Waals surface area contributed by atoms with Crippen LogP contribution in [0.3, 0.4) is 0 Å². The van der Waals surface area contributed by atoms with Crippen molar-refractivity contribution in [3.63, 3.8) is 0 Å². The Labute approximate surface area is 76.3 Å². The van der Waals surface area contributed by atoms with E-state index in [2.05, 4.69) is 25.4 Å². The summed E-state index contributed by atoms with van der Waals surface area (Å²) in [5, 5.41) is 10.00. The Kier molecular flexibility index (Phi) is 2.31. The summed E-state index contributed by atoms with van der Waals surface area (Å²) in [5.74, 6) is 0.790. The Morgan fingerprint density at radius 3 is 2.77 bits per heavy atom. The van der Waals surface area contributed by atoms with E-state index in [1.165, 1.54) is 0 Å². The van der Waals surface area contributed by atoms with Crippen molar-refractivity contribution in [3.05, 3.63) is 0 Å². The Balaban J connectivity index is 2.05. The minimum Gasteiger partial charge on any atom is -0.466 e. The molecule has 6 nitrogen and oxygen atoms in total. The molecule has 0 aromatic carbocycles. The Hall–Kier alpha value is -1.30. The van der Waals surface area contributed by atoms with Crippen LogP contribution in [0.25, 0.3) is 0 Å². The van der Waals surface area contributed by atoms with Crippen molar-refractivity contribution in [1.82, 2.24) is 20.5 Å². The number of aromatic nitrogens is 3. The largest absolute Gasteiger partial charge is 0.466 e. The predicted octanol–water partition coefficient (Wildman–Crippen LogP) is -0.777. The van der Waals surface area contributed by atoms with Crippen molar-refractivity contribution in [2.24, 2.45) is 0 Å². The summed E-state index contributed by atoms with van der Waals surface area (Å²) >= 11 is 0. The topological polar surface area (TPSA) is 66.1 Å². The molecule has 1 aliphatic rings. The fraction of sp³-hybridized carbons (Fsp3) is 0.714. The van der Waals surface area contributed by atoms with Gasteiger partial charge in [-0.1, -0.05) is 0 Å². The highest BCUT2D eigenvalue weighted by Crippen LogP contribution is 2.10. The predicted molar refractivity (Wildman–Crippen MR) is 48.0 cm³/mol. The summed E-state index contributed by atoms with van der Waals surface area (Å²) in [6, 6.07) is 0.397. The number of aromatic amines is 1. The van der Waals surface area contributed by atoms with E-state index in [1.807, 2.05) is 0 Å². The molecule has 6 heteroatoms. The quantitative estimate of drug-likeness (QED) is 0.630. The van der Waals surface area contributed by atoms with Gasteiger partial charge >= 0.3 is 6.01 Å². The lowest BCUT2D eigenvalue weighted by atomic mass is 10.4. The van der Waals surface area contributed by atoms with Gasteiger partial charge in [0.25, 0.3) is 0 Å². The average Bonchev–Trinajstić information content (AvgIpc) is 2.67. The van der Waals surface area contributed by atoms with Crippen LogP contribution in [0.5, 0.6) is 6.01 Å². The van der Waals surface area contributed by atoms with E-state index in [0.717, 1.165) is 32.1 Å². The van der Waals surface area contributed by atoms with Gasteiger partial charge in [0, 0.05) is 26.2 Å². The molecular weight excluding hydrogens is 170 g/mol. The second-order valence-corrected chi connectivity index (χ2v) is 2.88. The first kappa shape index (κ1) is 8.31. The van der Waals surface area contributed by atoms with Gasteiger partial charge < -0.3 is 15.0 Å². The Bertz CT molecular complexity index is 268. The van der Waals surface area contributed by atoms with Gasteiger partial charge in [-0.05, 0) is 0 Å². The van der Waals surface area contributed by atoms with Crippen molar-refractivity contribution >= 4 is 5.95 Å². The molecule has 2 N–H and O–H groups in total. The number of nitrogens with one attached hydrogen (secondary N) is 2. The zero-order chi connectivity index (χ0) is 9.10. The summed E-state index contributed by atoms with van der Waals surface area (Å²) in [6.07, 6.45) is 0. The van der Waals surface area contributed by atoms with E-state index in [-0.39, 0.29) is 0 Å². The number of hydrogen-bond acceptors (Lipinski definition) is 5. The molecule has 0 aliphatic carbocycles. The minimum atomic E-state index is 0.397. The lowest BCUT2D eigenvalue weighted by Crippen LogP contribution is -2.44. The summed E-state index contributed by atoms with van der Waals surface area (Å²) in [6.45, 7) is 3.89. The van der Waals surface area contributed by atoms with E-state index in [4.69, 9.17) is 4.74 Å². The molecule has 2 rings (SSSR count). The molecule has 0 radical (unpaired) electrons. The minimum absolute atomic E-state index is 0.397. The molecule has 0 amide bonds.